The van der Waals surface area contributed by atoms with Crippen molar-refractivity contribution in [2.24, 2.45) is 0 Å². The minimum atomic E-state index is 0.0683. The van der Waals surface area contributed by atoms with Crippen LogP contribution in [0.5, 0.6) is 0 Å². The summed E-state index contributed by atoms with van der Waals surface area (Å²) in [5.41, 5.74) is 0. The Morgan fingerprint density at radius 3 is 2.43 bits per heavy atom. The lowest BCUT2D eigenvalue weighted by atomic mass is 10.00. The van der Waals surface area contributed by atoms with Crippen molar-refractivity contribution in [2.75, 3.05) is 13.6 Å². The second-order valence-corrected chi connectivity index (χ2v) is 4.02. The van der Waals surface area contributed by atoms with Crippen LogP contribution in [0.15, 0.2) is 0 Å². The summed E-state index contributed by atoms with van der Waals surface area (Å²) in [5.74, 6) is 0.0683. The molecule has 0 aromatic carbocycles. The second-order valence-electron chi connectivity index (χ2n) is 4.02. The van der Waals surface area contributed by atoms with Gasteiger partial charge in [-0.25, -0.2) is 0 Å². The zero-order valence-corrected chi connectivity index (χ0v) is 9.17. The van der Waals surface area contributed by atoms with Gasteiger partial charge in [0.1, 0.15) is 0 Å². The maximum atomic E-state index is 11.3. The smallest absolute Gasteiger partial charge is 0.234 e. The summed E-state index contributed by atoms with van der Waals surface area (Å²) in [6.07, 6.45) is 2.33. The van der Waals surface area contributed by atoms with Crippen molar-refractivity contribution in [2.45, 2.75) is 44.9 Å². The van der Waals surface area contributed by atoms with E-state index < -0.39 is 0 Å². The Morgan fingerprint density at radius 2 is 1.93 bits per heavy atom. The van der Waals surface area contributed by atoms with Gasteiger partial charge in [-0.3, -0.25) is 4.79 Å². The van der Waals surface area contributed by atoms with Gasteiger partial charge in [0.15, 0.2) is 0 Å². The highest BCUT2D eigenvalue weighted by Crippen LogP contribution is 2.18. The molecule has 1 aliphatic heterocycles. The number of carbonyl (C=O) groups excluding carboxylic acids is 1. The first-order chi connectivity index (χ1) is 6.61. The summed E-state index contributed by atoms with van der Waals surface area (Å²) in [7, 11) is 1.77. The van der Waals surface area contributed by atoms with Crippen LogP contribution in [-0.4, -0.2) is 37.7 Å². The third kappa shape index (κ3) is 3.64. The van der Waals surface area contributed by atoms with Gasteiger partial charge >= 0.3 is 0 Å². The van der Waals surface area contributed by atoms with Gasteiger partial charge in [-0.2, -0.15) is 0 Å². The molecule has 1 fully saturated rings. The molecule has 0 radical (unpaired) electrons. The Morgan fingerprint density at radius 1 is 1.36 bits per heavy atom. The largest absolute Gasteiger partial charge is 0.375 e. The second kappa shape index (κ2) is 5.32. The van der Waals surface area contributed by atoms with Crippen LogP contribution in [0.3, 0.4) is 0 Å². The number of nitrogens with one attached hydrogen (secondary N) is 2. The predicted octanol–water partition coefficient (Wildman–Crippen LogP) is 0.278. The van der Waals surface area contributed by atoms with Crippen molar-refractivity contribution in [3.63, 3.8) is 0 Å². The van der Waals surface area contributed by atoms with Crippen molar-refractivity contribution in [3.8, 4) is 0 Å². The van der Waals surface area contributed by atoms with Crippen LogP contribution < -0.4 is 10.6 Å². The molecule has 82 valence electrons. The fourth-order valence-electron chi connectivity index (χ4n) is 1.96. The summed E-state index contributed by atoms with van der Waals surface area (Å²) in [4.78, 5) is 11.3. The third-order valence-electron chi connectivity index (χ3n) is 2.40. The number of hydrogen-bond acceptors (Lipinski definition) is 3. The van der Waals surface area contributed by atoms with Gasteiger partial charge in [0.25, 0.3) is 0 Å². The molecule has 0 bridgehead atoms. The van der Waals surface area contributed by atoms with Crippen LogP contribution in [0.25, 0.3) is 0 Å². The molecular weight excluding hydrogens is 180 g/mol. The SMILES string of the molecule is CNCC(=O)NC1CC(C)OC(C)C1. The van der Waals surface area contributed by atoms with Crippen molar-refractivity contribution in [1.82, 2.24) is 10.6 Å². The van der Waals surface area contributed by atoms with Crippen molar-refractivity contribution in [3.05, 3.63) is 0 Å². The van der Waals surface area contributed by atoms with Crippen LogP contribution in [-0.2, 0) is 9.53 Å². The average Bonchev–Trinajstić information content (AvgIpc) is 2.01. The van der Waals surface area contributed by atoms with Crippen LogP contribution in [0, 0.1) is 0 Å². The van der Waals surface area contributed by atoms with E-state index in [4.69, 9.17) is 4.74 Å². The topological polar surface area (TPSA) is 50.4 Å². The minimum Gasteiger partial charge on any atom is -0.375 e. The molecule has 4 heteroatoms. The molecule has 2 unspecified atom stereocenters. The zero-order chi connectivity index (χ0) is 10.6. The summed E-state index contributed by atoms with van der Waals surface area (Å²) < 4.78 is 5.59. The standard InChI is InChI=1S/C10H20N2O2/c1-7-4-9(5-8(2)14-7)12-10(13)6-11-3/h7-9,11H,4-6H2,1-3H3,(H,12,13). The first kappa shape index (κ1) is 11.5. The molecule has 1 saturated heterocycles. The lowest BCUT2D eigenvalue weighted by Gasteiger charge is -2.32. The van der Waals surface area contributed by atoms with E-state index in [1.54, 1.807) is 7.05 Å². The average molecular weight is 200 g/mol. The number of amides is 1. The Balaban J connectivity index is 2.33. The molecule has 0 saturated carbocycles. The first-order valence-electron chi connectivity index (χ1n) is 5.21. The predicted molar refractivity (Wildman–Crippen MR) is 55.1 cm³/mol. The highest BCUT2D eigenvalue weighted by molar-refractivity contribution is 5.78. The van der Waals surface area contributed by atoms with Crippen LogP contribution in [0.2, 0.25) is 0 Å². The van der Waals surface area contributed by atoms with E-state index in [0.717, 1.165) is 12.8 Å². The first-order valence-corrected chi connectivity index (χ1v) is 5.21. The van der Waals surface area contributed by atoms with Crippen molar-refractivity contribution < 1.29 is 9.53 Å². The van der Waals surface area contributed by atoms with E-state index in [9.17, 15) is 4.79 Å². The monoisotopic (exact) mass is 200 g/mol. The summed E-state index contributed by atoms with van der Waals surface area (Å²) in [6.45, 7) is 4.49. The lowest BCUT2D eigenvalue weighted by molar-refractivity contribution is -0.122. The number of ether oxygens (including phenoxy) is 1. The number of hydrogen-bond donors (Lipinski definition) is 2. The molecule has 2 atom stereocenters. The molecule has 1 rings (SSSR count). The zero-order valence-electron chi connectivity index (χ0n) is 9.17. The summed E-state index contributed by atoms with van der Waals surface area (Å²) in [6, 6.07) is 0.273. The van der Waals surface area contributed by atoms with Crippen molar-refractivity contribution in [1.29, 1.82) is 0 Å². The van der Waals surface area contributed by atoms with Gasteiger partial charge in [-0.1, -0.05) is 0 Å². The Labute approximate surface area is 85.4 Å². The van der Waals surface area contributed by atoms with E-state index in [1.807, 2.05) is 13.8 Å². The minimum absolute atomic E-state index is 0.0683. The maximum Gasteiger partial charge on any atom is 0.234 e. The van der Waals surface area contributed by atoms with Gasteiger partial charge in [-0.15, -0.1) is 0 Å². The van der Waals surface area contributed by atoms with Gasteiger partial charge < -0.3 is 15.4 Å². The fraction of sp³-hybridized carbons (Fsp3) is 0.900. The van der Waals surface area contributed by atoms with Crippen molar-refractivity contribution >= 4 is 5.91 Å². The Kier molecular flexibility index (Phi) is 4.35. The highest BCUT2D eigenvalue weighted by Gasteiger charge is 2.25. The van der Waals surface area contributed by atoms with E-state index in [0.29, 0.717) is 6.54 Å². The quantitative estimate of drug-likeness (QED) is 0.688. The van der Waals surface area contributed by atoms with Gasteiger partial charge in [0, 0.05) is 6.04 Å². The molecular formula is C10H20N2O2. The van der Waals surface area contributed by atoms with E-state index in [2.05, 4.69) is 10.6 Å². The van der Waals surface area contributed by atoms with Crippen LogP contribution in [0.1, 0.15) is 26.7 Å². The van der Waals surface area contributed by atoms with E-state index >= 15 is 0 Å². The Bertz CT molecular complexity index is 187. The molecule has 2 N–H and O–H groups in total. The number of carbonyl (C=O) groups is 1. The molecule has 0 aromatic heterocycles. The fourth-order valence-corrected chi connectivity index (χ4v) is 1.96. The van der Waals surface area contributed by atoms with Gasteiger partial charge in [0.2, 0.25) is 5.91 Å². The maximum absolute atomic E-state index is 11.3. The third-order valence-corrected chi connectivity index (χ3v) is 2.40. The van der Waals surface area contributed by atoms with Gasteiger partial charge in [0.05, 0.1) is 18.8 Å². The van der Waals surface area contributed by atoms with Crippen LogP contribution >= 0.6 is 0 Å². The molecule has 1 aliphatic rings. The highest BCUT2D eigenvalue weighted by atomic mass is 16.5. The summed E-state index contributed by atoms with van der Waals surface area (Å²) in [5, 5.41) is 5.84. The van der Waals surface area contributed by atoms with Gasteiger partial charge in [-0.05, 0) is 33.7 Å². The summed E-state index contributed by atoms with van der Waals surface area (Å²) >= 11 is 0. The number of likely N-dealkylation sites (N-methyl/N-ethyl adjacent to an activating group) is 1. The molecule has 1 amide bonds. The molecule has 0 aliphatic carbocycles. The molecule has 1 heterocycles. The Hall–Kier alpha value is -0.610. The molecule has 4 nitrogen and oxygen atoms in total. The molecule has 14 heavy (non-hydrogen) atoms. The normalized spacial score (nSPS) is 32.6. The molecule has 0 aromatic rings. The van der Waals surface area contributed by atoms with Crippen LogP contribution in [0.4, 0.5) is 0 Å². The van der Waals surface area contributed by atoms with E-state index in [1.165, 1.54) is 0 Å². The lowest BCUT2D eigenvalue weighted by Crippen LogP contribution is -2.46. The number of rotatable bonds is 3. The van der Waals surface area contributed by atoms with E-state index in [-0.39, 0.29) is 24.2 Å². The molecule has 0 spiro atoms.